The third kappa shape index (κ3) is 6.11. The van der Waals surface area contributed by atoms with E-state index in [9.17, 15) is 14.4 Å². The van der Waals surface area contributed by atoms with Gasteiger partial charge in [-0.2, -0.15) is 0 Å². The molecule has 0 rings (SSSR count). The fourth-order valence-electron chi connectivity index (χ4n) is 0.203. The Morgan fingerprint density at radius 3 is 2.25 bits per heavy atom. The normalized spacial score (nSPS) is 11.9. The monoisotopic (exact) mass is 138 g/mol. The summed E-state index contributed by atoms with van der Waals surface area (Å²) in [7, 11) is -4.68. The van der Waals surface area contributed by atoms with Gasteiger partial charge in [-0.25, -0.2) is 0 Å². The number of hydrogen-bond donors (Lipinski definition) is 0. The van der Waals surface area contributed by atoms with Crippen molar-refractivity contribution < 1.29 is 18.9 Å². The van der Waals surface area contributed by atoms with Crippen LogP contribution in [0.25, 0.3) is 0 Å². The Balaban J connectivity index is 3.26. The highest BCUT2D eigenvalue weighted by Crippen LogP contribution is 2.23. The molecule has 0 saturated carbocycles. The van der Waals surface area contributed by atoms with E-state index in [0.29, 0.717) is 6.42 Å². The van der Waals surface area contributed by atoms with Crippen LogP contribution in [0.3, 0.4) is 0 Å². The van der Waals surface area contributed by atoms with Gasteiger partial charge in [0, 0.05) is 0 Å². The third-order valence-electron chi connectivity index (χ3n) is 0.454. The third-order valence-corrected chi connectivity index (χ3v) is 0.952. The molecule has 8 heavy (non-hydrogen) atoms. The molecule has 0 aliphatic carbocycles. The molecule has 0 aromatic heterocycles. The average molecular weight is 138 g/mol. The number of phosphoric ester groups is 1. The predicted octanol–water partition coefficient (Wildman–Crippen LogP) is -0.758. The molecule has 0 aromatic rings. The van der Waals surface area contributed by atoms with E-state index in [1.807, 2.05) is 0 Å². The van der Waals surface area contributed by atoms with Crippen molar-refractivity contribution in [3.05, 3.63) is 0 Å². The minimum atomic E-state index is -4.68. The molecule has 0 aromatic carbocycles. The van der Waals surface area contributed by atoms with Gasteiger partial charge >= 0.3 is 0 Å². The van der Waals surface area contributed by atoms with Gasteiger partial charge in [0.15, 0.2) is 0 Å². The van der Waals surface area contributed by atoms with Crippen LogP contribution in [0.15, 0.2) is 0 Å². The SMILES string of the molecule is CCCOP(=O)([O-])[O-]. The van der Waals surface area contributed by atoms with Crippen LogP contribution in [0.5, 0.6) is 0 Å². The molecule has 0 atom stereocenters. The fraction of sp³-hybridized carbons (Fsp3) is 1.00. The van der Waals surface area contributed by atoms with Crippen LogP contribution < -0.4 is 9.79 Å². The average Bonchev–Trinajstić information content (AvgIpc) is 1.59. The Kier molecular flexibility index (Phi) is 3.24. The van der Waals surface area contributed by atoms with Crippen LogP contribution in [0.2, 0.25) is 0 Å². The van der Waals surface area contributed by atoms with Crippen molar-refractivity contribution >= 4 is 7.82 Å². The minimum Gasteiger partial charge on any atom is -0.790 e. The molecule has 0 aliphatic rings. The van der Waals surface area contributed by atoms with Gasteiger partial charge in [-0.3, -0.25) is 0 Å². The van der Waals surface area contributed by atoms with Crippen LogP contribution in [0.1, 0.15) is 13.3 Å². The lowest BCUT2D eigenvalue weighted by atomic mass is 10.5. The first kappa shape index (κ1) is 8.11. The Labute approximate surface area is 47.7 Å². The Morgan fingerprint density at radius 1 is 1.62 bits per heavy atom. The fourth-order valence-corrected chi connectivity index (χ4v) is 0.609. The Hall–Kier alpha value is 0.110. The summed E-state index contributed by atoms with van der Waals surface area (Å²) >= 11 is 0. The van der Waals surface area contributed by atoms with Crippen molar-refractivity contribution in [2.24, 2.45) is 0 Å². The first-order valence-corrected chi connectivity index (χ1v) is 3.69. The maximum Gasteiger partial charge on any atom is 0.0596 e. The molecule has 0 fully saturated rings. The van der Waals surface area contributed by atoms with Crippen molar-refractivity contribution in [3.63, 3.8) is 0 Å². The van der Waals surface area contributed by atoms with Gasteiger partial charge < -0.3 is 18.9 Å². The maximum absolute atomic E-state index is 9.64. The summed E-state index contributed by atoms with van der Waals surface area (Å²) in [6.45, 7) is 1.71. The highest BCUT2D eigenvalue weighted by atomic mass is 31.2. The van der Waals surface area contributed by atoms with Gasteiger partial charge in [0.05, 0.1) is 14.4 Å². The van der Waals surface area contributed by atoms with Crippen molar-refractivity contribution in [2.45, 2.75) is 13.3 Å². The number of phosphoric acid groups is 1. The first-order valence-electron chi connectivity index (χ1n) is 2.23. The van der Waals surface area contributed by atoms with E-state index in [1.165, 1.54) is 0 Å². The molecule has 0 saturated heterocycles. The Morgan fingerprint density at radius 2 is 2.12 bits per heavy atom. The van der Waals surface area contributed by atoms with Crippen LogP contribution in [0.4, 0.5) is 0 Å². The summed E-state index contributed by atoms with van der Waals surface area (Å²) in [5.41, 5.74) is 0. The molecule has 4 nitrogen and oxygen atoms in total. The van der Waals surface area contributed by atoms with E-state index in [0.717, 1.165) is 0 Å². The molecule has 0 amide bonds. The molecular formula is C3H7O4P-2. The van der Waals surface area contributed by atoms with Crippen LogP contribution >= 0.6 is 7.82 Å². The second-order valence-electron chi connectivity index (χ2n) is 1.28. The second kappa shape index (κ2) is 3.20. The highest BCUT2D eigenvalue weighted by Gasteiger charge is 1.85. The molecule has 0 spiro atoms. The van der Waals surface area contributed by atoms with Crippen LogP contribution in [-0.4, -0.2) is 6.61 Å². The largest absolute Gasteiger partial charge is 0.790 e. The molecule has 0 N–H and O–H groups in total. The minimum absolute atomic E-state index is 0.00965. The summed E-state index contributed by atoms with van der Waals surface area (Å²) in [4.78, 5) is 19.3. The van der Waals surface area contributed by atoms with E-state index in [1.54, 1.807) is 6.92 Å². The first-order chi connectivity index (χ1) is 3.56. The topological polar surface area (TPSA) is 72.4 Å². The standard InChI is InChI=1S/C3H9O4P/c1-2-3-7-8(4,5)6/h2-3H2,1H3,(H2,4,5,6)/p-2. The van der Waals surface area contributed by atoms with Gasteiger partial charge in [0.1, 0.15) is 0 Å². The lowest BCUT2D eigenvalue weighted by Gasteiger charge is -2.28. The number of hydrogen-bond acceptors (Lipinski definition) is 4. The lowest BCUT2D eigenvalue weighted by Crippen LogP contribution is -2.16. The molecule has 0 heterocycles. The highest BCUT2D eigenvalue weighted by molar-refractivity contribution is 7.43. The predicted molar refractivity (Wildman–Crippen MR) is 23.8 cm³/mol. The summed E-state index contributed by atoms with van der Waals surface area (Å²) in [5.74, 6) is 0. The van der Waals surface area contributed by atoms with Crippen LogP contribution in [0, 0.1) is 0 Å². The van der Waals surface area contributed by atoms with Crippen molar-refractivity contribution in [1.82, 2.24) is 0 Å². The summed E-state index contributed by atoms with van der Waals surface area (Å²) in [6.07, 6.45) is 0.536. The molecule has 50 valence electrons. The quantitative estimate of drug-likeness (QED) is 0.480. The smallest absolute Gasteiger partial charge is 0.0596 e. The van der Waals surface area contributed by atoms with Gasteiger partial charge in [-0.05, 0) is 6.42 Å². The van der Waals surface area contributed by atoms with Gasteiger partial charge in [-0.1, -0.05) is 6.92 Å². The van der Waals surface area contributed by atoms with E-state index in [2.05, 4.69) is 4.52 Å². The molecule has 0 unspecified atom stereocenters. The van der Waals surface area contributed by atoms with Crippen molar-refractivity contribution in [1.29, 1.82) is 0 Å². The second-order valence-corrected chi connectivity index (χ2v) is 2.43. The van der Waals surface area contributed by atoms with E-state index in [4.69, 9.17) is 0 Å². The maximum atomic E-state index is 9.64. The van der Waals surface area contributed by atoms with Gasteiger partial charge in [-0.15, -0.1) is 0 Å². The zero-order chi connectivity index (χ0) is 6.62. The van der Waals surface area contributed by atoms with Gasteiger partial charge in [0.25, 0.3) is 0 Å². The molecular weight excluding hydrogens is 131 g/mol. The zero-order valence-electron chi connectivity index (χ0n) is 4.49. The summed E-state index contributed by atoms with van der Waals surface area (Å²) < 4.78 is 13.5. The molecule has 0 aliphatic heterocycles. The zero-order valence-corrected chi connectivity index (χ0v) is 5.39. The summed E-state index contributed by atoms with van der Waals surface area (Å²) in [5, 5.41) is 0. The number of rotatable bonds is 3. The van der Waals surface area contributed by atoms with Crippen molar-refractivity contribution in [3.8, 4) is 0 Å². The summed E-state index contributed by atoms with van der Waals surface area (Å²) in [6, 6.07) is 0. The molecule has 5 heteroatoms. The molecule has 0 radical (unpaired) electrons. The van der Waals surface area contributed by atoms with E-state index in [-0.39, 0.29) is 6.61 Å². The van der Waals surface area contributed by atoms with Crippen LogP contribution in [-0.2, 0) is 9.09 Å². The Bertz CT molecular complexity index is 95.5. The van der Waals surface area contributed by atoms with E-state index >= 15 is 0 Å². The van der Waals surface area contributed by atoms with Crippen molar-refractivity contribution in [2.75, 3.05) is 6.61 Å². The molecule has 0 bridgehead atoms. The van der Waals surface area contributed by atoms with E-state index < -0.39 is 7.82 Å². The van der Waals surface area contributed by atoms with Gasteiger partial charge in [0.2, 0.25) is 0 Å². The lowest BCUT2D eigenvalue weighted by molar-refractivity contribution is -0.341.